The highest BCUT2D eigenvalue weighted by molar-refractivity contribution is 7.89. The SMILES string of the molecule is O=S(=O)(NCCO)c1cccc2ncccc12. The highest BCUT2D eigenvalue weighted by Crippen LogP contribution is 2.20. The van der Waals surface area contributed by atoms with E-state index in [-0.39, 0.29) is 18.0 Å². The summed E-state index contributed by atoms with van der Waals surface area (Å²) in [6.07, 6.45) is 1.61. The van der Waals surface area contributed by atoms with Gasteiger partial charge in [0.2, 0.25) is 10.0 Å². The number of pyridine rings is 1. The summed E-state index contributed by atoms with van der Waals surface area (Å²) in [6.45, 7) is -0.235. The molecule has 0 aliphatic carbocycles. The van der Waals surface area contributed by atoms with Crippen molar-refractivity contribution in [2.24, 2.45) is 0 Å². The minimum Gasteiger partial charge on any atom is -0.395 e. The summed E-state index contributed by atoms with van der Waals surface area (Å²) in [7, 11) is -3.60. The molecule has 0 unspecified atom stereocenters. The van der Waals surface area contributed by atoms with Gasteiger partial charge in [0.1, 0.15) is 0 Å². The number of aromatic nitrogens is 1. The Kier molecular flexibility index (Phi) is 3.37. The Morgan fingerprint density at radius 3 is 2.82 bits per heavy atom. The Balaban J connectivity index is 2.55. The number of aliphatic hydroxyl groups excluding tert-OH is 1. The summed E-state index contributed by atoms with van der Waals surface area (Å²) in [6, 6.07) is 8.30. The minimum absolute atomic E-state index is 0.00101. The zero-order valence-corrected chi connectivity index (χ0v) is 9.81. The monoisotopic (exact) mass is 252 g/mol. The van der Waals surface area contributed by atoms with Gasteiger partial charge in [0.25, 0.3) is 0 Å². The third kappa shape index (κ3) is 2.44. The van der Waals surface area contributed by atoms with Crippen molar-refractivity contribution in [3.63, 3.8) is 0 Å². The van der Waals surface area contributed by atoms with Gasteiger partial charge in [-0.15, -0.1) is 0 Å². The first kappa shape index (κ1) is 12.0. The molecule has 0 saturated heterocycles. The molecule has 1 aromatic heterocycles. The third-order valence-electron chi connectivity index (χ3n) is 2.30. The van der Waals surface area contributed by atoms with Gasteiger partial charge >= 0.3 is 0 Å². The molecular formula is C11H12N2O3S. The summed E-state index contributed by atoms with van der Waals surface area (Å²) in [5, 5.41) is 9.22. The number of hydrogen-bond acceptors (Lipinski definition) is 4. The zero-order valence-electron chi connectivity index (χ0n) is 9.00. The number of sulfonamides is 1. The largest absolute Gasteiger partial charge is 0.395 e. The molecule has 0 aliphatic rings. The average Bonchev–Trinajstić information content (AvgIpc) is 2.36. The molecule has 1 heterocycles. The zero-order chi connectivity index (χ0) is 12.3. The van der Waals surface area contributed by atoms with E-state index >= 15 is 0 Å². The highest BCUT2D eigenvalue weighted by Gasteiger charge is 2.16. The van der Waals surface area contributed by atoms with Gasteiger partial charge in [-0.2, -0.15) is 0 Å². The molecule has 2 rings (SSSR count). The number of aliphatic hydroxyl groups is 1. The lowest BCUT2D eigenvalue weighted by Gasteiger charge is -2.07. The van der Waals surface area contributed by atoms with E-state index in [0.717, 1.165) is 0 Å². The van der Waals surface area contributed by atoms with Gasteiger partial charge in [-0.25, -0.2) is 13.1 Å². The maximum Gasteiger partial charge on any atom is 0.241 e. The molecule has 0 atom stereocenters. The molecule has 0 amide bonds. The van der Waals surface area contributed by atoms with Crippen molar-refractivity contribution in [2.45, 2.75) is 4.90 Å². The molecule has 2 N–H and O–H groups in total. The van der Waals surface area contributed by atoms with Crippen LogP contribution in [0.4, 0.5) is 0 Å². The predicted octanol–water partition coefficient (Wildman–Crippen LogP) is 0.505. The first-order valence-electron chi connectivity index (χ1n) is 5.09. The first-order valence-corrected chi connectivity index (χ1v) is 6.58. The topological polar surface area (TPSA) is 79.3 Å². The summed E-state index contributed by atoms with van der Waals surface area (Å²) in [4.78, 5) is 4.27. The molecule has 17 heavy (non-hydrogen) atoms. The number of rotatable bonds is 4. The summed E-state index contributed by atoms with van der Waals surface area (Å²) in [5.74, 6) is 0. The van der Waals surface area contributed by atoms with Crippen molar-refractivity contribution >= 4 is 20.9 Å². The molecular weight excluding hydrogens is 240 g/mol. The van der Waals surface area contributed by atoms with Crippen LogP contribution in [0, 0.1) is 0 Å². The van der Waals surface area contributed by atoms with Crippen molar-refractivity contribution in [1.82, 2.24) is 9.71 Å². The van der Waals surface area contributed by atoms with Gasteiger partial charge in [0.15, 0.2) is 0 Å². The van der Waals surface area contributed by atoms with Gasteiger partial charge in [-0.1, -0.05) is 6.07 Å². The van der Waals surface area contributed by atoms with E-state index in [9.17, 15) is 8.42 Å². The van der Waals surface area contributed by atoms with Gasteiger partial charge in [0, 0.05) is 18.1 Å². The van der Waals surface area contributed by atoms with Crippen LogP contribution in [0.5, 0.6) is 0 Å². The molecule has 5 nitrogen and oxygen atoms in total. The van der Waals surface area contributed by atoms with Crippen LogP contribution in [0.1, 0.15) is 0 Å². The standard InChI is InChI=1S/C11H12N2O3S/c14-8-7-13-17(15,16)11-5-1-4-10-9(11)3-2-6-12-10/h1-6,13-14H,7-8H2. The quantitative estimate of drug-likeness (QED) is 0.830. The van der Waals surface area contributed by atoms with E-state index in [1.165, 1.54) is 6.07 Å². The van der Waals surface area contributed by atoms with Crippen LogP contribution in [-0.4, -0.2) is 31.7 Å². The molecule has 0 aliphatic heterocycles. The fraction of sp³-hybridized carbons (Fsp3) is 0.182. The molecule has 0 fully saturated rings. The van der Waals surface area contributed by atoms with E-state index in [1.54, 1.807) is 30.5 Å². The third-order valence-corrected chi connectivity index (χ3v) is 3.82. The van der Waals surface area contributed by atoms with Crippen LogP contribution >= 0.6 is 0 Å². The van der Waals surface area contributed by atoms with Crippen LogP contribution in [-0.2, 0) is 10.0 Å². The Hall–Kier alpha value is -1.50. The lowest BCUT2D eigenvalue weighted by molar-refractivity contribution is 0.301. The Labute approximate surface area is 99.2 Å². The van der Waals surface area contributed by atoms with Gasteiger partial charge < -0.3 is 5.11 Å². The maximum absolute atomic E-state index is 12.0. The lowest BCUT2D eigenvalue weighted by atomic mass is 10.2. The van der Waals surface area contributed by atoms with Crippen LogP contribution < -0.4 is 4.72 Å². The number of hydrogen-bond donors (Lipinski definition) is 2. The van der Waals surface area contributed by atoms with Crippen molar-refractivity contribution in [3.8, 4) is 0 Å². The van der Waals surface area contributed by atoms with E-state index in [2.05, 4.69) is 9.71 Å². The van der Waals surface area contributed by atoms with Gasteiger partial charge in [-0.05, 0) is 24.3 Å². The summed E-state index contributed by atoms with van der Waals surface area (Å²) in [5.41, 5.74) is 0.624. The second kappa shape index (κ2) is 4.79. The van der Waals surface area contributed by atoms with Crippen LogP contribution in [0.3, 0.4) is 0 Å². The second-order valence-corrected chi connectivity index (χ2v) is 5.18. The molecule has 1 aromatic carbocycles. The number of fused-ring (bicyclic) bond motifs is 1. The Bertz CT molecular complexity index is 620. The molecule has 0 bridgehead atoms. The highest BCUT2D eigenvalue weighted by atomic mass is 32.2. The molecule has 0 radical (unpaired) electrons. The summed E-state index contributed by atoms with van der Waals surface area (Å²) < 4.78 is 26.2. The van der Waals surface area contributed by atoms with Crippen LogP contribution in [0.25, 0.3) is 10.9 Å². The fourth-order valence-corrected chi connectivity index (χ4v) is 2.80. The van der Waals surface area contributed by atoms with E-state index in [0.29, 0.717) is 10.9 Å². The molecule has 90 valence electrons. The van der Waals surface area contributed by atoms with Crippen molar-refractivity contribution in [3.05, 3.63) is 36.5 Å². The van der Waals surface area contributed by atoms with Crippen molar-refractivity contribution in [2.75, 3.05) is 13.2 Å². The molecule has 2 aromatic rings. The molecule has 6 heteroatoms. The van der Waals surface area contributed by atoms with Crippen LogP contribution in [0.2, 0.25) is 0 Å². The van der Waals surface area contributed by atoms with Crippen LogP contribution in [0.15, 0.2) is 41.4 Å². The van der Waals surface area contributed by atoms with Crippen molar-refractivity contribution in [1.29, 1.82) is 0 Å². The minimum atomic E-state index is -3.60. The Morgan fingerprint density at radius 2 is 2.06 bits per heavy atom. The first-order chi connectivity index (χ1) is 8.15. The number of benzene rings is 1. The maximum atomic E-state index is 12.0. The lowest BCUT2D eigenvalue weighted by Crippen LogP contribution is -2.26. The normalized spacial score (nSPS) is 11.8. The second-order valence-electron chi connectivity index (χ2n) is 3.45. The fourth-order valence-electron chi connectivity index (χ4n) is 1.57. The average molecular weight is 252 g/mol. The van der Waals surface area contributed by atoms with Gasteiger partial charge in [-0.3, -0.25) is 4.98 Å². The van der Waals surface area contributed by atoms with E-state index in [1.807, 2.05) is 0 Å². The molecule has 0 spiro atoms. The van der Waals surface area contributed by atoms with E-state index < -0.39 is 10.0 Å². The van der Waals surface area contributed by atoms with Gasteiger partial charge in [0.05, 0.1) is 17.0 Å². The van der Waals surface area contributed by atoms with Crippen molar-refractivity contribution < 1.29 is 13.5 Å². The smallest absolute Gasteiger partial charge is 0.241 e. The van der Waals surface area contributed by atoms with E-state index in [4.69, 9.17) is 5.11 Å². The number of nitrogens with one attached hydrogen (secondary N) is 1. The number of nitrogens with zero attached hydrogens (tertiary/aromatic N) is 1. The Morgan fingerprint density at radius 1 is 1.24 bits per heavy atom. The predicted molar refractivity (Wildman–Crippen MR) is 64.0 cm³/mol. The summed E-state index contributed by atoms with van der Waals surface area (Å²) >= 11 is 0. The molecule has 0 saturated carbocycles.